The summed E-state index contributed by atoms with van der Waals surface area (Å²) in [5.41, 5.74) is 5.11. The minimum atomic E-state index is -0.695. The van der Waals surface area contributed by atoms with E-state index in [9.17, 15) is 14.9 Å². The summed E-state index contributed by atoms with van der Waals surface area (Å²) in [5.74, 6) is -0.695. The molecule has 0 spiro atoms. The van der Waals surface area contributed by atoms with Crippen molar-refractivity contribution < 1.29 is 14.5 Å². The summed E-state index contributed by atoms with van der Waals surface area (Å²) in [6.45, 7) is 1.80. The van der Waals surface area contributed by atoms with Crippen LogP contribution in [0.5, 0.6) is 0 Å². The highest BCUT2D eigenvalue weighted by Crippen LogP contribution is 2.28. The number of anilines is 1. The lowest BCUT2D eigenvalue weighted by molar-refractivity contribution is -0.384. The van der Waals surface area contributed by atoms with Gasteiger partial charge < -0.3 is 10.5 Å². The molecule has 1 aromatic rings. The van der Waals surface area contributed by atoms with Gasteiger partial charge in [-0.05, 0) is 6.92 Å². The molecule has 0 saturated heterocycles. The predicted molar refractivity (Wildman–Crippen MR) is 58.5 cm³/mol. The number of hydrogen-bond donors (Lipinski definition) is 1. The maximum atomic E-state index is 11.4. The number of rotatable bonds is 3. The first-order chi connectivity index (χ1) is 7.47. The second kappa shape index (κ2) is 4.80. The van der Waals surface area contributed by atoms with Crippen LogP contribution in [0.2, 0.25) is 5.02 Å². The summed E-state index contributed by atoms with van der Waals surface area (Å²) < 4.78 is 4.72. The van der Waals surface area contributed by atoms with Crippen molar-refractivity contribution in [1.82, 2.24) is 0 Å². The summed E-state index contributed by atoms with van der Waals surface area (Å²) in [4.78, 5) is 21.3. The van der Waals surface area contributed by atoms with E-state index in [1.165, 1.54) is 0 Å². The van der Waals surface area contributed by atoms with Crippen LogP contribution in [0.3, 0.4) is 0 Å². The maximum absolute atomic E-state index is 11.4. The van der Waals surface area contributed by atoms with E-state index in [4.69, 9.17) is 22.1 Å². The lowest BCUT2D eigenvalue weighted by Gasteiger charge is -2.06. The Balaban J connectivity index is 3.22. The number of halogens is 1. The monoisotopic (exact) mass is 244 g/mol. The molecule has 0 amide bonds. The number of nitrogens with two attached hydrogens (primary N) is 1. The normalized spacial score (nSPS) is 9.88. The Bertz CT molecular complexity index is 424. The molecule has 2 N–H and O–H groups in total. The standard InChI is InChI=1S/C9H9ClN2O4/c1-2-16-9(13)8-6(10)3-5(12(14)15)4-7(8)11/h3-4H,2,11H2,1H3. The van der Waals surface area contributed by atoms with E-state index in [0.29, 0.717) is 0 Å². The average Bonchev–Trinajstić information content (AvgIpc) is 2.16. The van der Waals surface area contributed by atoms with Crippen molar-refractivity contribution in [2.45, 2.75) is 6.92 Å². The van der Waals surface area contributed by atoms with Gasteiger partial charge in [0.15, 0.2) is 0 Å². The summed E-state index contributed by atoms with van der Waals surface area (Å²) in [5, 5.41) is 10.4. The summed E-state index contributed by atoms with van der Waals surface area (Å²) in [7, 11) is 0. The predicted octanol–water partition coefficient (Wildman–Crippen LogP) is 2.01. The van der Waals surface area contributed by atoms with E-state index >= 15 is 0 Å². The molecule has 16 heavy (non-hydrogen) atoms. The van der Waals surface area contributed by atoms with Crippen LogP contribution in [0.1, 0.15) is 17.3 Å². The molecule has 0 fully saturated rings. The van der Waals surface area contributed by atoms with Crippen LogP contribution in [0.15, 0.2) is 12.1 Å². The fourth-order valence-electron chi connectivity index (χ4n) is 1.14. The van der Waals surface area contributed by atoms with Crippen LogP contribution in [0.25, 0.3) is 0 Å². The number of non-ortho nitro benzene ring substituents is 1. The number of benzene rings is 1. The molecule has 0 aliphatic heterocycles. The number of carbonyl (C=O) groups excluding carboxylic acids is 1. The largest absolute Gasteiger partial charge is 0.462 e. The number of nitro groups is 1. The molecule has 0 aromatic heterocycles. The van der Waals surface area contributed by atoms with Crippen LogP contribution in [0.4, 0.5) is 11.4 Å². The summed E-state index contributed by atoms with van der Waals surface area (Å²) >= 11 is 5.72. The van der Waals surface area contributed by atoms with Crippen molar-refractivity contribution in [2.75, 3.05) is 12.3 Å². The second-order valence-corrected chi connectivity index (χ2v) is 3.28. The zero-order chi connectivity index (χ0) is 12.3. The number of nitrogen functional groups attached to an aromatic ring is 1. The molecule has 0 radical (unpaired) electrons. The van der Waals surface area contributed by atoms with Gasteiger partial charge in [-0.3, -0.25) is 10.1 Å². The molecule has 86 valence electrons. The Morgan fingerprint density at radius 2 is 2.25 bits per heavy atom. The van der Waals surface area contributed by atoms with Crippen molar-refractivity contribution in [3.63, 3.8) is 0 Å². The third-order valence-electron chi connectivity index (χ3n) is 1.80. The number of esters is 1. The van der Waals surface area contributed by atoms with Crippen LogP contribution < -0.4 is 5.73 Å². The number of nitrogens with zero attached hydrogens (tertiary/aromatic N) is 1. The van der Waals surface area contributed by atoms with Crippen LogP contribution in [0, 0.1) is 10.1 Å². The van der Waals surface area contributed by atoms with E-state index in [1.807, 2.05) is 0 Å². The molecule has 7 heteroatoms. The first kappa shape index (κ1) is 12.3. The van der Waals surface area contributed by atoms with E-state index < -0.39 is 10.9 Å². The van der Waals surface area contributed by atoms with Gasteiger partial charge in [0.25, 0.3) is 5.69 Å². The number of ether oxygens (including phenoxy) is 1. The smallest absolute Gasteiger partial charge is 0.341 e. The molecular formula is C9H9ClN2O4. The van der Waals surface area contributed by atoms with Gasteiger partial charge in [0.05, 0.1) is 22.2 Å². The molecule has 1 rings (SSSR count). The Morgan fingerprint density at radius 1 is 1.62 bits per heavy atom. The van der Waals surface area contributed by atoms with Crippen LogP contribution in [-0.2, 0) is 4.74 Å². The number of hydrogen-bond acceptors (Lipinski definition) is 5. The van der Waals surface area contributed by atoms with E-state index in [2.05, 4.69) is 0 Å². The van der Waals surface area contributed by atoms with Crippen LogP contribution in [-0.4, -0.2) is 17.5 Å². The topological polar surface area (TPSA) is 95.5 Å². The molecule has 0 aliphatic rings. The highest BCUT2D eigenvalue weighted by atomic mass is 35.5. The van der Waals surface area contributed by atoms with E-state index in [1.54, 1.807) is 6.92 Å². The quantitative estimate of drug-likeness (QED) is 0.380. The minimum Gasteiger partial charge on any atom is -0.462 e. The fraction of sp³-hybridized carbons (Fsp3) is 0.222. The first-order valence-corrected chi connectivity index (χ1v) is 4.75. The van der Waals surface area contributed by atoms with Gasteiger partial charge in [-0.1, -0.05) is 11.6 Å². The Labute approximate surface area is 96.1 Å². The maximum Gasteiger partial charge on any atom is 0.341 e. The van der Waals surface area contributed by atoms with Crippen molar-refractivity contribution in [3.8, 4) is 0 Å². The fourth-order valence-corrected chi connectivity index (χ4v) is 1.44. The summed E-state index contributed by atoms with van der Waals surface area (Å²) in [6.07, 6.45) is 0. The lowest BCUT2D eigenvalue weighted by atomic mass is 10.1. The zero-order valence-corrected chi connectivity index (χ0v) is 9.15. The molecular weight excluding hydrogens is 236 g/mol. The van der Waals surface area contributed by atoms with Gasteiger partial charge in [0, 0.05) is 12.1 Å². The highest BCUT2D eigenvalue weighted by Gasteiger charge is 2.20. The van der Waals surface area contributed by atoms with Gasteiger partial charge in [0.1, 0.15) is 5.56 Å². The lowest BCUT2D eigenvalue weighted by Crippen LogP contribution is -2.09. The number of nitro benzene ring substituents is 1. The van der Waals surface area contributed by atoms with Gasteiger partial charge in [-0.25, -0.2) is 4.79 Å². The summed E-state index contributed by atoms with van der Waals surface area (Å²) in [6, 6.07) is 2.13. The molecule has 0 unspecified atom stereocenters. The molecule has 0 bridgehead atoms. The zero-order valence-electron chi connectivity index (χ0n) is 8.40. The first-order valence-electron chi connectivity index (χ1n) is 4.38. The van der Waals surface area contributed by atoms with Gasteiger partial charge in [-0.15, -0.1) is 0 Å². The van der Waals surface area contributed by atoms with Crippen molar-refractivity contribution in [2.24, 2.45) is 0 Å². The van der Waals surface area contributed by atoms with Gasteiger partial charge in [-0.2, -0.15) is 0 Å². The van der Waals surface area contributed by atoms with Crippen molar-refractivity contribution in [1.29, 1.82) is 0 Å². The van der Waals surface area contributed by atoms with Crippen LogP contribution >= 0.6 is 11.6 Å². The Morgan fingerprint density at radius 3 is 2.69 bits per heavy atom. The minimum absolute atomic E-state index is 0.0471. The van der Waals surface area contributed by atoms with Crippen molar-refractivity contribution in [3.05, 3.63) is 32.8 Å². The molecule has 1 aromatic carbocycles. The molecule has 0 saturated carbocycles. The molecule has 0 heterocycles. The second-order valence-electron chi connectivity index (χ2n) is 2.87. The third-order valence-corrected chi connectivity index (χ3v) is 2.09. The average molecular weight is 245 g/mol. The Hall–Kier alpha value is -1.82. The van der Waals surface area contributed by atoms with E-state index in [0.717, 1.165) is 12.1 Å². The SMILES string of the molecule is CCOC(=O)c1c(N)cc([N+](=O)[O-])cc1Cl. The van der Waals surface area contributed by atoms with Crippen molar-refractivity contribution >= 4 is 28.9 Å². The molecule has 0 atom stereocenters. The van der Waals surface area contributed by atoms with Gasteiger partial charge in [0.2, 0.25) is 0 Å². The Kier molecular flexibility index (Phi) is 3.68. The van der Waals surface area contributed by atoms with Gasteiger partial charge >= 0.3 is 5.97 Å². The third kappa shape index (κ3) is 2.40. The number of carbonyl (C=O) groups is 1. The molecule has 0 aliphatic carbocycles. The van der Waals surface area contributed by atoms with E-state index in [-0.39, 0.29) is 28.6 Å². The highest BCUT2D eigenvalue weighted by molar-refractivity contribution is 6.34. The molecule has 6 nitrogen and oxygen atoms in total.